The monoisotopic (exact) mass is 257 g/mol. The highest BCUT2D eigenvalue weighted by Gasteiger charge is 2.01. The molecule has 0 aliphatic carbocycles. The van der Waals surface area contributed by atoms with Gasteiger partial charge in [-0.05, 0) is 17.7 Å². The topological polar surface area (TPSA) is 78.2 Å². The molecular formula is C14H15N3O2. The molecule has 0 bridgehead atoms. The highest BCUT2D eigenvalue weighted by molar-refractivity contribution is 5.79. The minimum atomic E-state index is 0.00505. The lowest BCUT2D eigenvalue weighted by atomic mass is 10.2. The van der Waals surface area contributed by atoms with E-state index >= 15 is 0 Å². The molecule has 0 saturated heterocycles. The van der Waals surface area contributed by atoms with Gasteiger partial charge < -0.3 is 4.74 Å². The second-order valence-corrected chi connectivity index (χ2v) is 4.03. The van der Waals surface area contributed by atoms with Crippen molar-refractivity contribution in [2.45, 2.75) is 13.0 Å². The number of nitrogens with zero attached hydrogens (tertiary/aromatic N) is 1. The maximum atomic E-state index is 8.53. The number of ether oxygens (including phenoxy) is 1. The molecule has 0 fully saturated rings. The first-order valence-electron chi connectivity index (χ1n) is 5.87. The molecule has 98 valence electrons. The van der Waals surface area contributed by atoms with Crippen molar-refractivity contribution in [3.05, 3.63) is 59.9 Å². The van der Waals surface area contributed by atoms with Gasteiger partial charge in [-0.3, -0.25) is 21.1 Å². The molecule has 0 saturated carbocycles. The first-order valence-corrected chi connectivity index (χ1v) is 5.87. The van der Waals surface area contributed by atoms with Crippen LogP contribution >= 0.6 is 0 Å². The lowest BCUT2D eigenvalue weighted by molar-refractivity contribution is 0.231. The first kappa shape index (κ1) is 13.0. The third kappa shape index (κ3) is 4.08. The summed E-state index contributed by atoms with van der Waals surface area (Å²) in [7, 11) is 0. The second kappa shape index (κ2) is 6.51. The molecule has 19 heavy (non-hydrogen) atoms. The quantitative estimate of drug-likeness (QED) is 0.436. The number of nitrogens with one attached hydrogen (secondary N) is 2. The average molecular weight is 257 g/mol. The van der Waals surface area contributed by atoms with E-state index < -0.39 is 0 Å². The fourth-order valence-electron chi connectivity index (χ4n) is 1.56. The van der Waals surface area contributed by atoms with E-state index in [1.807, 2.05) is 30.3 Å². The number of benzene rings is 1. The van der Waals surface area contributed by atoms with E-state index in [4.69, 9.17) is 15.4 Å². The number of hydrogen-bond acceptors (Lipinski definition) is 4. The van der Waals surface area contributed by atoms with Gasteiger partial charge in [0.15, 0.2) is 0 Å². The smallest absolute Gasteiger partial charge is 0.138 e. The van der Waals surface area contributed by atoms with Gasteiger partial charge in [0.1, 0.15) is 18.2 Å². The van der Waals surface area contributed by atoms with Gasteiger partial charge in [0.25, 0.3) is 0 Å². The summed E-state index contributed by atoms with van der Waals surface area (Å²) in [6, 6.07) is 13.5. The van der Waals surface area contributed by atoms with E-state index in [0.29, 0.717) is 18.1 Å². The number of hydroxylamine groups is 1. The molecule has 5 heteroatoms. The molecule has 1 aromatic carbocycles. The molecule has 0 amide bonds. The third-order valence-corrected chi connectivity index (χ3v) is 2.54. The fraction of sp³-hybridized carbons (Fsp3) is 0.143. The largest absolute Gasteiger partial charge is 0.487 e. The Morgan fingerprint density at radius 2 is 2.00 bits per heavy atom. The summed E-state index contributed by atoms with van der Waals surface area (Å²) in [5.74, 6) is 0.682. The standard InChI is InChI=1S/C14H15N3O2/c15-14(17-18)8-12-6-7-13(9-16-12)19-10-11-4-2-1-3-5-11/h1-7,9,18H,8,10H2,(H2,15,17). The van der Waals surface area contributed by atoms with Crippen molar-refractivity contribution in [1.82, 2.24) is 10.5 Å². The van der Waals surface area contributed by atoms with Gasteiger partial charge >= 0.3 is 0 Å². The van der Waals surface area contributed by atoms with Crippen molar-refractivity contribution in [3.63, 3.8) is 0 Å². The highest BCUT2D eigenvalue weighted by atomic mass is 16.5. The number of pyridine rings is 1. The Kier molecular flexibility index (Phi) is 4.47. The molecular weight excluding hydrogens is 242 g/mol. The van der Waals surface area contributed by atoms with E-state index in [1.54, 1.807) is 23.8 Å². The van der Waals surface area contributed by atoms with Gasteiger partial charge in [0, 0.05) is 12.1 Å². The molecule has 0 unspecified atom stereocenters. The summed E-state index contributed by atoms with van der Waals surface area (Å²) in [5.41, 5.74) is 3.58. The van der Waals surface area contributed by atoms with Gasteiger partial charge in [0.05, 0.1) is 6.20 Å². The van der Waals surface area contributed by atoms with Crippen molar-refractivity contribution < 1.29 is 9.94 Å². The van der Waals surface area contributed by atoms with Gasteiger partial charge in [-0.1, -0.05) is 30.3 Å². The van der Waals surface area contributed by atoms with Crippen molar-refractivity contribution in [3.8, 4) is 5.75 Å². The summed E-state index contributed by atoms with van der Waals surface area (Å²) in [6.45, 7) is 0.496. The molecule has 1 heterocycles. The summed E-state index contributed by atoms with van der Waals surface area (Å²) < 4.78 is 5.60. The Bertz CT molecular complexity index is 526. The van der Waals surface area contributed by atoms with Crippen LogP contribution in [0.25, 0.3) is 0 Å². The van der Waals surface area contributed by atoms with Crippen LogP contribution < -0.4 is 10.2 Å². The Labute approximate surface area is 111 Å². The minimum Gasteiger partial charge on any atom is -0.487 e. The molecule has 2 aromatic rings. The van der Waals surface area contributed by atoms with E-state index in [2.05, 4.69) is 4.98 Å². The third-order valence-electron chi connectivity index (χ3n) is 2.54. The number of aromatic nitrogens is 1. The Balaban J connectivity index is 1.90. The second-order valence-electron chi connectivity index (χ2n) is 4.03. The predicted octanol–water partition coefficient (Wildman–Crippen LogP) is 2.16. The van der Waals surface area contributed by atoms with Gasteiger partial charge in [0.2, 0.25) is 0 Å². The van der Waals surface area contributed by atoms with E-state index in [0.717, 1.165) is 5.56 Å². The SMILES string of the molecule is N=C(Cc1ccc(OCc2ccccc2)cn1)NO. The zero-order valence-electron chi connectivity index (χ0n) is 10.3. The summed E-state index contributed by atoms with van der Waals surface area (Å²) in [5, 5.41) is 15.8. The molecule has 5 nitrogen and oxygen atoms in total. The molecule has 1 aromatic heterocycles. The van der Waals surface area contributed by atoms with Crippen LogP contribution in [0.1, 0.15) is 11.3 Å². The maximum absolute atomic E-state index is 8.53. The van der Waals surface area contributed by atoms with Crippen LogP contribution in [0.5, 0.6) is 5.75 Å². The van der Waals surface area contributed by atoms with Crippen molar-refractivity contribution in [2.75, 3.05) is 0 Å². The van der Waals surface area contributed by atoms with E-state index in [-0.39, 0.29) is 12.3 Å². The molecule has 0 spiro atoms. The van der Waals surface area contributed by atoms with Crippen LogP contribution in [0.2, 0.25) is 0 Å². The van der Waals surface area contributed by atoms with E-state index in [1.165, 1.54) is 0 Å². The number of rotatable bonds is 5. The normalized spacial score (nSPS) is 9.95. The maximum Gasteiger partial charge on any atom is 0.138 e. The molecule has 0 aliphatic heterocycles. The Hall–Kier alpha value is -2.40. The summed E-state index contributed by atoms with van der Waals surface area (Å²) >= 11 is 0. The van der Waals surface area contributed by atoms with Crippen LogP contribution in [0, 0.1) is 5.41 Å². The van der Waals surface area contributed by atoms with E-state index in [9.17, 15) is 0 Å². The molecule has 2 rings (SSSR count). The average Bonchev–Trinajstić information content (AvgIpc) is 2.47. The molecule has 3 N–H and O–H groups in total. The summed E-state index contributed by atoms with van der Waals surface area (Å²) in [4.78, 5) is 4.16. The molecule has 0 aliphatic rings. The Morgan fingerprint density at radius 1 is 1.21 bits per heavy atom. The highest BCUT2D eigenvalue weighted by Crippen LogP contribution is 2.12. The van der Waals surface area contributed by atoms with Gasteiger partial charge in [-0.2, -0.15) is 0 Å². The van der Waals surface area contributed by atoms with Crippen LogP contribution in [0.3, 0.4) is 0 Å². The van der Waals surface area contributed by atoms with Crippen molar-refractivity contribution in [1.29, 1.82) is 5.41 Å². The predicted molar refractivity (Wildman–Crippen MR) is 71.4 cm³/mol. The summed E-state index contributed by atoms with van der Waals surface area (Å²) in [6.07, 6.45) is 1.87. The lowest BCUT2D eigenvalue weighted by Gasteiger charge is -2.07. The zero-order valence-corrected chi connectivity index (χ0v) is 10.3. The van der Waals surface area contributed by atoms with Crippen LogP contribution in [0.4, 0.5) is 0 Å². The minimum absolute atomic E-state index is 0.00505. The number of amidine groups is 1. The van der Waals surface area contributed by atoms with Crippen molar-refractivity contribution in [2.24, 2.45) is 0 Å². The lowest BCUT2D eigenvalue weighted by Crippen LogP contribution is -2.20. The van der Waals surface area contributed by atoms with Crippen LogP contribution in [0.15, 0.2) is 48.7 Å². The Morgan fingerprint density at radius 3 is 2.63 bits per heavy atom. The fourth-order valence-corrected chi connectivity index (χ4v) is 1.56. The van der Waals surface area contributed by atoms with Crippen LogP contribution in [-0.4, -0.2) is 16.0 Å². The zero-order chi connectivity index (χ0) is 13.5. The van der Waals surface area contributed by atoms with Gasteiger partial charge in [-0.15, -0.1) is 0 Å². The van der Waals surface area contributed by atoms with Gasteiger partial charge in [-0.25, -0.2) is 0 Å². The molecule has 0 atom stereocenters. The van der Waals surface area contributed by atoms with Crippen molar-refractivity contribution >= 4 is 5.84 Å². The van der Waals surface area contributed by atoms with Crippen LogP contribution in [-0.2, 0) is 13.0 Å². The number of hydrogen-bond donors (Lipinski definition) is 3. The first-order chi connectivity index (χ1) is 9.28. The molecule has 0 radical (unpaired) electrons.